The number of hydrogen-bond acceptors (Lipinski definition) is 5. The molecular formula is C24H23N7. The molecule has 7 nitrogen and oxygen atoms in total. The molecule has 5 aromatic rings. The maximum Gasteiger partial charge on any atom is 0.238 e. The summed E-state index contributed by atoms with van der Waals surface area (Å²) in [6.07, 6.45) is 6.80. The second-order valence-electron chi connectivity index (χ2n) is 8.41. The summed E-state index contributed by atoms with van der Waals surface area (Å²) in [6, 6.07) is 10.5. The van der Waals surface area contributed by atoms with Crippen molar-refractivity contribution in [1.29, 1.82) is 0 Å². The first kappa shape index (κ1) is 18.2. The Morgan fingerprint density at radius 1 is 1.03 bits per heavy atom. The van der Waals surface area contributed by atoms with E-state index in [2.05, 4.69) is 48.1 Å². The molecule has 0 N–H and O–H groups in total. The van der Waals surface area contributed by atoms with E-state index in [4.69, 9.17) is 15.0 Å². The van der Waals surface area contributed by atoms with Crippen LogP contribution < -0.4 is 0 Å². The van der Waals surface area contributed by atoms with Crippen LogP contribution in [-0.2, 0) is 20.0 Å². The highest BCUT2D eigenvalue weighted by molar-refractivity contribution is 5.92. The molecule has 0 unspecified atom stereocenters. The van der Waals surface area contributed by atoms with E-state index in [0.29, 0.717) is 5.95 Å². The largest absolute Gasteiger partial charge is 0.335 e. The molecule has 0 bridgehead atoms. The lowest BCUT2D eigenvalue weighted by Crippen LogP contribution is -2.27. The lowest BCUT2D eigenvalue weighted by Gasteiger charge is -2.24. The molecule has 0 aliphatic carbocycles. The van der Waals surface area contributed by atoms with Gasteiger partial charge in [-0.1, -0.05) is 12.1 Å². The van der Waals surface area contributed by atoms with Crippen molar-refractivity contribution in [2.24, 2.45) is 7.05 Å². The van der Waals surface area contributed by atoms with Crippen molar-refractivity contribution in [2.75, 3.05) is 13.6 Å². The number of likely N-dealkylation sites (N-methyl/N-ethyl adjacent to an activating group) is 1. The highest BCUT2D eigenvalue weighted by atomic mass is 15.2. The smallest absolute Gasteiger partial charge is 0.238 e. The number of hydrogen-bond donors (Lipinski definition) is 0. The van der Waals surface area contributed by atoms with Gasteiger partial charge in [0, 0.05) is 43.5 Å². The van der Waals surface area contributed by atoms with Crippen LogP contribution in [0.25, 0.3) is 39.3 Å². The van der Waals surface area contributed by atoms with E-state index in [1.54, 1.807) is 0 Å². The van der Waals surface area contributed by atoms with Crippen LogP contribution in [0.15, 0.2) is 49.1 Å². The molecule has 5 heterocycles. The summed E-state index contributed by atoms with van der Waals surface area (Å²) in [7, 11) is 4.15. The lowest BCUT2D eigenvalue weighted by atomic mass is 10.0. The maximum atomic E-state index is 5.02. The number of para-hydroxylation sites is 1. The van der Waals surface area contributed by atoms with E-state index in [9.17, 15) is 0 Å². The number of imidazole rings is 1. The summed E-state index contributed by atoms with van der Waals surface area (Å²) >= 11 is 0. The Balaban J connectivity index is 1.58. The number of aryl methyl sites for hydroxylation is 2. The predicted octanol–water partition coefficient (Wildman–Crippen LogP) is 3.67. The minimum atomic E-state index is 0.620. The maximum absolute atomic E-state index is 5.02. The Bertz CT molecular complexity index is 1460. The second-order valence-corrected chi connectivity index (χ2v) is 8.41. The zero-order valence-corrected chi connectivity index (χ0v) is 17.9. The van der Waals surface area contributed by atoms with E-state index in [-0.39, 0.29) is 0 Å². The van der Waals surface area contributed by atoms with Crippen molar-refractivity contribution in [2.45, 2.75) is 19.9 Å². The predicted molar refractivity (Wildman–Crippen MR) is 121 cm³/mol. The minimum absolute atomic E-state index is 0.620. The van der Waals surface area contributed by atoms with Gasteiger partial charge in [-0.25, -0.2) is 9.97 Å². The van der Waals surface area contributed by atoms with Gasteiger partial charge in [0.2, 0.25) is 5.95 Å². The molecule has 0 saturated heterocycles. The number of fused-ring (bicyclic) bond motifs is 3. The Morgan fingerprint density at radius 2 is 1.94 bits per heavy atom. The van der Waals surface area contributed by atoms with Gasteiger partial charge in [-0.15, -0.1) is 0 Å². The average Bonchev–Trinajstić information content (AvgIpc) is 3.38. The molecule has 6 rings (SSSR count). The van der Waals surface area contributed by atoms with Crippen molar-refractivity contribution in [3.05, 3.63) is 65.9 Å². The molecule has 1 aromatic carbocycles. The van der Waals surface area contributed by atoms with Gasteiger partial charge in [0.15, 0.2) is 0 Å². The lowest BCUT2D eigenvalue weighted by molar-refractivity contribution is 0.307. The molecule has 0 saturated carbocycles. The summed E-state index contributed by atoms with van der Waals surface area (Å²) < 4.78 is 4.01. The Kier molecular flexibility index (Phi) is 3.94. The highest BCUT2D eigenvalue weighted by Crippen LogP contribution is 2.30. The molecule has 0 fully saturated rings. The van der Waals surface area contributed by atoms with Gasteiger partial charge in [0.25, 0.3) is 0 Å². The van der Waals surface area contributed by atoms with E-state index in [0.717, 1.165) is 64.1 Å². The van der Waals surface area contributed by atoms with Crippen LogP contribution >= 0.6 is 0 Å². The molecule has 0 atom stereocenters. The van der Waals surface area contributed by atoms with Crippen molar-refractivity contribution in [3.8, 4) is 17.2 Å². The van der Waals surface area contributed by atoms with Gasteiger partial charge < -0.3 is 9.47 Å². The number of rotatable bonds is 2. The zero-order chi connectivity index (χ0) is 21.1. The first-order chi connectivity index (χ1) is 15.1. The summed E-state index contributed by atoms with van der Waals surface area (Å²) in [6.45, 7) is 4.02. The third-order valence-corrected chi connectivity index (χ3v) is 6.22. The van der Waals surface area contributed by atoms with Crippen molar-refractivity contribution >= 4 is 22.1 Å². The summed E-state index contributed by atoms with van der Waals surface area (Å²) in [5, 5.41) is 1.03. The molecule has 7 heteroatoms. The molecule has 1 aliphatic heterocycles. The fourth-order valence-electron chi connectivity index (χ4n) is 4.47. The van der Waals surface area contributed by atoms with Crippen LogP contribution in [0.1, 0.15) is 16.8 Å². The Hall–Kier alpha value is -3.58. The van der Waals surface area contributed by atoms with Gasteiger partial charge in [-0.05, 0) is 49.7 Å². The number of nitrogens with zero attached hydrogens (tertiary/aromatic N) is 7. The molecule has 0 radical (unpaired) electrons. The van der Waals surface area contributed by atoms with Gasteiger partial charge in [0.05, 0.1) is 22.4 Å². The first-order valence-corrected chi connectivity index (χ1v) is 10.5. The highest BCUT2D eigenvalue weighted by Gasteiger charge is 2.19. The van der Waals surface area contributed by atoms with E-state index in [1.807, 2.05) is 41.0 Å². The van der Waals surface area contributed by atoms with Crippen LogP contribution in [0.5, 0.6) is 0 Å². The Morgan fingerprint density at radius 3 is 2.84 bits per heavy atom. The van der Waals surface area contributed by atoms with E-state index in [1.165, 1.54) is 5.56 Å². The molecule has 1 aliphatic rings. The molecule has 0 amide bonds. The fraction of sp³-hybridized carbons (Fsp3) is 0.250. The van der Waals surface area contributed by atoms with E-state index < -0.39 is 0 Å². The van der Waals surface area contributed by atoms with Crippen LogP contribution in [0.4, 0.5) is 0 Å². The third-order valence-electron chi connectivity index (χ3n) is 6.22. The normalized spacial score (nSPS) is 14.4. The molecular weight excluding hydrogens is 386 g/mol. The number of benzene rings is 1. The molecule has 154 valence electrons. The SMILES string of the molecule is Cc1cccc2c1ncn2-c1nc(-c2cnc3c(c2)CCN(C)C3)c2ccn(C)c2n1. The minimum Gasteiger partial charge on any atom is -0.335 e. The fourth-order valence-corrected chi connectivity index (χ4v) is 4.47. The van der Waals surface area contributed by atoms with E-state index >= 15 is 0 Å². The average molecular weight is 409 g/mol. The van der Waals surface area contributed by atoms with Gasteiger partial charge in [0.1, 0.15) is 12.0 Å². The van der Waals surface area contributed by atoms with Gasteiger partial charge >= 0.3 is 0 Å². The van der Waals surface area contributed by atoms with Crippen LogP contribution in [0.3, 0.4) is 0 Å². The van der Waals surface area contributed by atoms with Crippen molar-refractivity contribution in [3.63, 3.8) is 0 Å². The Labute approximate surface area is 180 Å². The summed E-state index contributed by atoms with van der Waals surface area (Å²) in [4.78, 5) is 21.6. The van der Waals surface area contributed by atoms with Crippen molar-refractivity contribution in [1.82, 2.24) is 34.0 Å². The number of pyridine rings is 1. The monoisotopic (exact) mass is 409 g/mol. The van der Waals surface area contributed by atoms with Crippen molar-refractivity contribution < 1.29 is 0 Å². The van der Waals surface area contributed by atoms with Crippen LogP contribution in [0, 0.1) is 6.92 Å². The van der Waals surface area contributed by atoms with Crippen LogP contribution in [-0.4, -0.2) is 47.6 Å². The quantitative estimate of drug-likeness (QED) is 0.445. The zero-order valence-electron chi connectivity index (χ0n) is 17.9. The standard InChI is InChI=1S/C24H23N7/c1-15-5-4-6-20-21(15)26-14-31(20)24-27-22(18-8-10-30(3)23(18)28-24)17-11-16-7-9-29(2)13-19(16)25-12-17/h4-6,8,10-12,14H,7,9,13H2,1-3H3. The van der Waals surface area contributed by atoms with Crippen LogP contribution in [0.2, 0.25) is 0 Å². The third kappa shape index (κ3) is 2.84. The molecule has 0 spiro atoms. The molecule has 4 aromatic heterocycles. The summed E-state index contributed by atoms with van der Waals surface area (Å²) in [5.74, 6) is 0.620. The van der Waals surface area contributed by atoms with Gasteiger partial charge in [-0.2, -0.15) is 4.98 Å². The van der Waals surface area contributed by atoms with Gasteiger partial charge in [-0.3, -0.25) is 9.55 Å². The summed E-state index contributed by atoms with van der Waals surface area (Å²) in [5.41, 5.74) is 8.42. The number of aromatic nitrogens is 6. The molecule has 31 heavy (non-hydrogen) atoms. The first-order valence-electron chi connectivity index (χ1n) is 10.5. The second kappa shape index (κ2) is 6.72. The topological polar surface area (TPSA) is 64.7 Å².